The van der Waals surface area contributed by atoms with Crippen molar-refractivity contribution in [3.63, 3.8) is 0 Å². The topological polar surface area (TPSA) is 58.9 Å². The van der Waals surface area contributed by atoms with Gasteiger partial charge in [-0.2, -0.15) is 0 Å². The number of fused-ring (bicyclic) bond motifs is 1. The lowest BCUT2D eigenvalue weighted by Crippen LogP contribution is -3.13. The van der Waals surface area contributed by atoms with E-state index in [2.05, 4.69) is 42.5 Å². The van der Waals surface area contributed by atoms with Crippen LogP contribution in [-0.2, 0) is 16.4 Å². The maximum absolute atomic E-state index is 12.8. The molecule has 29 heavy (non-hydrogen) atoms. The van der Waals surface area contributed by atoms with Crippen LogP contribution in [0.5, 0.6) is 0 Å². The van der Waals surface area contributed by atoms with Crippen LogP contribution >= 0.6 is 0 Å². The SMILES string of the molecule is CS(=O)(=O)c1cccc(C(=O)N2CC[NH+](Cc3cccc4ccccc34)CC2)c1. The van der Waals surface area contributed by atoms with Crippen molar-refractivity contribution in [2.45, 2.75) is 11.4 Å². The Balaban J connectivity index is 1.42. The highest BCUT2D eigenvalue weighted by Crippen LogP contribution is 2.18. The molecule has 1 aliphatic heterocycles. The predicted molar refractivity (Wildman–Crippen MR) is 114 cm³/mol. The van der Waals surface area contributed by atoms with Crippen molar-refractivity contribution in [2.75, 3.05) is 32.4 Å². The molecule has 0 aromatic heterocycles. The largest absolute Gasteiger partial charge is 0.328 e. The molecule has 6 heteroatoms. The van der Waals surface area contributed by atoms with Crippen LogP contribution in [-0.4, -0.2) is 51.7 Å². The zero-order valence-corrected chi connectivity index (χ0v) is 17.3. The molecule has 0 unspecified atom stereocenters. The number of piperazine rings is 1. The number of hydrogen-bond donors (Lipinski definition) is 1. The van der Waals surface area contributed by atoms with Gasteiger partial charge in [0, 0.05) is 17.4 Å². The van der Waals surface area contributed by atoms with Crippen LogP contribution in [0.2, 0.25) is 0 Å². The first-order valence-electron chi connectivity index (χ1n) is 9.81. The molecule has 1 amide bonds. The van der Waals surface area contributed by atoms with Crippen molar-refractivity contribution >= 4 is 26.5 Å². The summed E-state index contributed by atoms with van der Waals surface area (Å²) in [5.74, 6) is -0.0975. The molecule has 1 fully saturated rings. The summed E-state index contributed by atoms with van der Waals surface area (Å²) in [6.07, 6.45) is 1.16. The Morgan fingerprint density at radius 2 is 1.66 bits per heavy atom. The van der Waals surface area contributed by atoms with Crippen molar-refractivity contribution < 1.29 is 18.1 Å². The van der Waals surface area contributed by atoms with Crippen molar-refractivity contribution in [3.05, 3.63) is 77.9 Å². The molecule has 1 heterocycles. The first-order chi connectivity index (χ1) is 13.9. The number of sulfone groups is 1. The number of amides is 1. The van der Waals surface area contributed by atoms with Crippen LogP contribution < -0.4 is 4.90 Å². The third kappa shape index (κ3) is 4.33. The number of benzene rings is 3. The van der Waals surface area contributed by atoms with E-state index in [1.165, 1.54) is 33.4 Å². The summed E-state index contributed by atoms with van der Waals surface area (Å²) < 4.78 is 23.5. The van der Waals surface area contributed by atoms with Crippen LogP contribution in [0.1, 0.15) is 15.9 Å². The Hall–Kier alpha value is -2.70. The summed E-state index contributed by atoms with van der Waals surface area (Å²) in [5, 5.41) is 2.54. The van der Waals surface area contributed by atoms with E-state index in [0.717, 1.165) is 25.9 Å². The van der Waals surface area contributed by atoms with Gasteiger partial charge in [0.2, 0.25) is 0 Å². The molecule has 0 aliphatic carbocycles. The van der Waals surface area contributed by atoms with Crippen LogP contribution in [0.4, 0.5) is 0 Å². The second kappa shape index (κ2) is 7.97. The monoisotopic (exact) mass is 409 g/mol. The van der Waals surface area contributed by atoms with Crippen LogP contribution in [0.3, 0.4) is 0 Å². The van der Waals surface area contributed by atoms with Gasteiger partial charge in [0.15, 0.2) is 9.84 Å². The first kappa shape index (κ1) is 19.6. The molecule has 1 saturated heterocycles. The van der Waals surface area contributed by atoms with Gasteiger partial charge >= 0.3 is 0 Å². The molecule has 0 radical (unpaired) electrons. The highest BCUT2D eigenvalue weighted by atomic mass is 32.2. The summed E-state index contributed by atoms with van der Waals surface area (Å²) in [6, 6.07) is 21.2. The lowest BCUT2D eigenvalue weighted by Gasteiger charge is -2.32. The van der Waals surface area contributed by atoms with Gasteiger partial charge < -0.3 is 9.80 Å². The number of hydrogen-bond acceptors (Lipinski definition) is 3. The van der Waals surface area contributed by atoms with Gasteiger partial charge in [-0.25, -0.2) is 8.42 Å². The van der Waals surface area contributed by atoms with Crippen LogP contribution in [0, 0.1) is 0 Å². The fourth-order valence-electron chi connectivity index (χ4n) is 3.96. The van der Waals surface area contributed by atoms with E-state index in [1.807, 2.05) is 4.90 Å². The van der Waals surface area contributed by atoms with E-state index in [9.17, 15) is 13.2 Å². The number of carbonyl (C=O) groups excluding carboxylic acids is 1. The minimum Gasteiger partial charge on any atom is -0.328 e. The van der Waals surface area contributed by atoms with Gasteiger partial charge in [0.1, 0.15) is 6.54 Å². The fourth-order valence-corrected chi connectivity index (χ4v) is 4.63. The molecule has 4 rings (SSSR count). The van der Waals surface area contributed by atoms with Gasteiger partial charge in [-0.1, -0.05) is 48.5 Å². The van der Waals surface area contributed by atoms with Crippen molar-refractivity contribution in [1.82, 2.24) is 4.90 Å². The fraction of sp³-hybridized carbons (Fsp3) is 0.261. The van der Waals surface area contributed by atoms with E-state index in [-0.39, 0.29) is 10.8 Å². The molecule has 0 spiro atoms. The lowest BCUT2D eigenvalue weighted by molar-refractivity contribution is -0.917. The Morgan fingerprint density at radius 1 is 0.966 bits per heavy atom. The van der Waals surface area contributed by atoms with Crippen LogP contribution in [0.25, 0.3) is 10.8 Å². The molecular weight excluding hydrogens is 384 g/mol. The molecule has 1 N–H and O–H groups in total. The minimum atomic E-state index is -3.33. The standard InChI is InChI=1S/C23H24N2O3S/c1-29(27,28)21-10-5-8-19(16-21)23(26)25-14-12-24(13-15-25)17-20-9-4-7-18-6-2-3-11-22(18)20/h2-11,16H,12-15,17H2,1H3/p+1. The normalized spacial score (nSPS) is 15.6. The number of carbonyl (C=O) groups is 1. The molecular formula is C23H25N2O3S+. The molecule has 3 aromatic rings. The average molecular weight is 410 g/mol. The Kier molecular flexibility index (Phi) is 5.39. The highest BCUT2D eigenvalue weighted by Gasteiger charge is 2.25. The molecule has 150 valence electrons. The number of nitrogens with one attached hydrogen (secondary N) is 1. The van der Waals surface area contributed by atoms with Gasteiger partial charge in [0.05, 0.1) is 31.1 Å². The Bertz CT molecular complexity index is 1140. The van der Waals surface area contributed by atoms with E-state index >= 15 is 0 Å². The summed E-state index contributed by atoms with van der Waals surface area (Å²) in [4.78, 5) is 16.3. The lowest BCUT2D eigenvalue weighted by atomic mass is 10.0. The molecule has 1 aliphatic rings. The number of quaternary nitrogens is 1. The van der Waals surface area contributed by atoms with Gasteiger partial charge in [-0.05, 0) is 29.0 Å². The third-order valence-electron chi connectivity index (χ3n) is 5.59. The van der Waals surface area contributed by atoms with Crippen LogP contribution in [0.15, 0.2) is 71.6 Å². The van der Waals surface area contributed by atoms with E-state index in [4.69, 9.17) is 0 Å². The van der Waals surface area contributed by atoms with Gasteiger partial charge in [0.25, 0.3) is 5.91 Å². The first-order valence-corrected chi connectivity index (χ1v) is 11.7. The van der Waals surface area contributed by atoms with E-state index < -0.39 is 9.84 Å². The Morgan fingerprint density at radius 3 is 2.41 bits per heavy atom. The molecule has 0 atom stereocenters. The van der Waals surface area contributed by atoms with Crippen molar-refractivity contribution in [3.8, 4) is 0 Å². The number of nitrogens with zero attached hydrogens (tertiary/aromatic N) is 1. The second-order valence-electron chi connectivity index (χ2n) is 7.66. The minimum absolute atomic E-state index is 0.0975. The molecule has 0 saturated carbocycles. The summed E-state index contributed by atoms with van der Waals surface area (Å²) in [5.41, 5.74) is 1.77. The van der Waals surface area contributed by atoms with Crippen molar-refractivity contribution in [1.29, 1.82) is 0 Å². The zero-order valence-electron chi connectivity index (χ0n) is 16.5. The van der Waals surface area contributed by atoms with E-state index in [1.54, 1.807) is 12.1 Å². The summed E-state index contributed by atoms with van der Waals surface area (Å²) in [6.45, 7) is 4.03. The maximum Gasteiger partial charge on any atom is 0.254 e. The van der Waals surface area contributed by atoms with Crippen molar-refractivity contribution in [2.24, 2.45) is 0 Å². The smallest absolute Gasteiger partial charge is 0.254 e. The highest BCUT2D eigenvalue weighted by molar-refractivity contribution is 7.90. The molecule has 5 nitrogen and oxygen atoms in total. The second-order valence-corrected chi connectivity index (χ2v) is 9.67. The average Bonchev–Trinajstić information content (AvgIpc) is 2.73. The maximum atomic E-state index is 12.8. The quantitative estimate of drug-likeness (QED) is 0.715. The molecule has 0 bridgehead atoms. The summed E-state index contributed by atoms with van der Waals surface area (Å²) in [7, 11) is -3.33. The summed E-state index contributed by atoms with van der Waals surface area (Å²) >= 11 is 0. The third-order valence-corrected chi connectivity index (χ3v) is 6.70. The van der Waals surface area contributed by atoms with Gasteiger partial charge in [-0.3, -0.25) is 4.79 Å². The predicted octanol–water partition coefficient (Wildman–Crippen LogP) is 1.78. The van der Waals surface area contributed by atoms with Gasteiger partial charge in [-0.15, -0.1) is 0 Å². The molecule has 3 aromatic carbocycles. The number of rotatable bonds is 4. The zero-order chi connectivity index (χ0) is 20.4. The Labute approximate surface area is 171 Å². The van der Waals surface area contributed by atoms with E-state index in [0.29, 0.717) is 18.7 Å².